The lowest BCUT2D eigenvalue weighted by Crippen LogP contribution is -1.94. The molecule has 0 aliphatic carbocycles. The Hall–Kier alpha value is -0.670. The highest BCUT2D eigenvalue weighted by Crippen LogP contribution is 2.24. The molecule has 0 aliphatic heterocycles. The van der Waals surface area contributed by atoms with Crippen molar-refractivity contribution in [2.75, 3.05) is 0 Å². The molecular formula is C9H8BrFO. The Balaban J connectivity index is 3.09. The summed E-state index contributed by atoms with van der Waals surface area (Å²) in [4.78, 5) is 0. The molecule has 0 heterocycles. The van der Waals surface area contributed by atoms with Crippen LogP contribution in [0.4, 0.5) is 4.39 Å². The van der Waals surface area contributed by atoms with E-state index in [-0.39, 0.29) is 5.82 Å². The van der Waals surface area contributed by atoms with E-state index in [0.29, 0.717) is 10.0 Å². The molecule has 0 radical (unpaired) electrons. The first-order chi connectivity index (χ1) is 5.65. The van der Waals surface area contributed by atoms with E-state index in [1.807, 2.05) is 0 Å². The summed E-state index contributed by atoms with van der Waals surface area (Å²) in [7, 11) is 0. The van der Waals surface area contributed by atoms with Crippen LogP contribution in [-0.2, 0) is 0 Å². The number of aliphatic hydroxyl groups excluding tert-OH is 1. The SMILES string of the molecule is C=C[C@H](O)c1ccc(F)cc1Br. The number of aliphatic hydroxyl groups is 1. The molecule has 0 bridgehead atoms. The van der Waals surface area contributed by atoms with E-state index in [1.165, 1.54) is 24.3 Å². The van der Waals surface area contributed by atoms with E-state index < -0.39 is 6.10 Å². The fourth-order valence-electron chi connectivity index (χ4n) is 0.868. The first kappa shape index (κ1) is 9.42. The van der Waals surface area contributed by atoms with Crippen LogP contribution in [0.2, 0.25) is 0 Å². The molecule has 3 heteroatoms. The van der Waals surface area contributed by atoms with Crippen molar-refractivity contribution in [1.29, 1.82) is 0 Å². The summed E-state index contributed by atoms with van der Waals surface area (Å²) < 4.78 is 13.1. The Morgan fingerprint density at radius 2 is 2.25 bits per heavy atom. The van der Waals surface area contributed by atoms with Gasteiger partial charge in [0.1, 0.15) is 5.82 Å². The van der Waals surface area contributed by atoms with Gasteiger partial charge in [-0.2, -0.15) is 0 Å². The molecule has 1 aromatic rings. The van der Waals surface area contributed by atoms with Crippen LogP contribution < -0.4 is 0 Å². The largest absolute Gasteiger partial charge is 0.384 e. The zero-order valence-corrected chi connectivity index (χ0v) is 7.88. The third-order valence-corrected chi connectivity index (χ3v) is 2.19. The van der Waals surface area contributed by atoms with E-state index in [9.17, 15) is 9.50 Å². The lowest BCUT2D eigenvalue weighted by atomic mass is 10.1. The van der Waals surface area contributed by atoms with E-state index in [1.54, 1.807) is 0 Å². The minimum atomic E-state index is -0.750. The Labute approximate surface area is 78.7 Å². The van der Waals surface area contributed by atoms with Gasteiger partial charge in [-0.1, -0.05) is 28.1 Å². The van der Waals surface area contributed by atoms with Crippen molar-refractivity contribution in [2.45, 2.75) is 6.10 Å². The monoisotopic (exact) mass is 230 g/mol. The lowest BCUT2D eigenvalue weighted by Gasteiger charge is -2.07. The lowest BCUT2D eigenvalue weighted by molar-refractivity contribution is 0.228. The van der Waals surface area contributed by atoms with Gasteiger partial charge in [-0.3, -0.25) is 0 Å². The van der Waals surface area contributed by atoms with Crippen LogP contribution >= 0.6 is 15.9 Å². The van der Waals surface area contributed by atoms with Crippen LogP contribution in [0.25, 0.3) is 0 Å². The van der Waals surface area contributed by atoms with Crippen LogP contribution in [0.5, 0.6) is 0 Å². The summed E-state index contributed by atoms with van der Waals surface area (Å²) in [5.74, 6) is -0.332. The van der Waals surface area contributed by atoms with Gasteiger partial charge in [-0.15, -0.1) is 6.58 Å². The number of benzene rings is 1. The molecule has 1 atom stereocenters. The minimum Gasteiger partial charge on any atom is -0.384 e. The molecule has 12 heavy (non-hydrogen) atoms. The molecule has 0 amide bonds. The van der Waals surface area contributed by atoms with Crippen LogP contribution in [0.1, 0.15) is 11.7 Å². The third-order valence-electron chi connectivity index (χ3n) is 1.50. The molecule has 0 saturated heterocycles. The first-order valence-corrected chi connectivity index (χ1v) is 4.20. The van der Waals surface area contributed by atoms with Crippen LogP contribution in [0, 0.1) is 5.82 Å². The molecule has 1 rings (SSSR count). The Bertz CT molecular complexity index is 299. The van der Waals surface area contributed by atoms with E-state index in [2.05, 4.69) is 22.5 Å². The van der Waals surface area contributed by atoms with Gasteiger partial charge in [-0.05, 0) is 17.7 Å². The summed E-state index contributed by atoms with van der Waals surface area (Å²) in [6, 6.07) is 4.13. The molecule has 0 saturated carbocycles. The molecule has 64 valence electrons. The maximum absolute atomic E-state index is 12.6. The van der Waals surface area contributed by atoms with Crippen molar-refractivity contribution >= 4 is 15.9 Å². The van der Waals surface area contributed by atoms with Crippen LogP contribution in [0.15, 0.2) is 35.3 Å². The quantitative estimate of drug-likeness (QED) is 0.776. The van der Waals surface area contributed by atoms with Gasteiger partial charge in [0.15, 0.2) is 0 Å². The first-order valence-electron chi connectivity index (χ1n) is 3.40. The van der Waals surface area contributed by atoms with Crippen molar-refractivity contribution in [3.8, 4) is 0 Å². The molecule has 0 aliphatic rings. The Morgan fingerprint density at radius 3 is 2.75 bits per heavy atom. The molecule has 1 aromatic carbocycles. The summed E-state index contributed by atoms with van der Waals surface area (Å²) >= 11 is 3.14. The highest BCUT2D eigenvalue weighted by Gasteiger charge is 2.07. The number of rotatable bonds is 2. The minimum absolute atomic E-state index is 0.332. The van der Waals surface area contributed by atoms with Gasteiger partial charge in [0.25, 0.3) is 0 Å². The highest BCUT2D eigenvalue weighted by molar-refractivity contribution is 9.10. The summed E-state index contributed by atoms with van der Waals surface area (Å²) in [5, 5.41) is 9.33. The second-order valence-corrected chi connectivity index (χ2v) is 3.20. The van der Waals surface area contributed by atoms with Gasteiger partial charge in [0.05, 0.1) is 6.10 Å². The van der Waals surface area contributed by atoms with Crippen molar-refractivity contribution in [2.24, 2.45) is 0 Å². The maximum atomic E-state index is 12.6. The van der Waals surface area contributed by atoms with Crippen LogP contribution in [0.3, 0.4) is 0 Å². The molecule has 0 fully saturated rings. The van der Waals surface area contributed by atoms with Gasteiger partial charge < -0.3 is 5.11 Å². The zero-order valence-electron chi connectivity index (χ0n) is 6.30. The molecule has 1 N–H and O–H groups in total. The average Bonchev–Trinajstić information content (AvgIpc) is 2.03. The fraction of sp³-hybridized carbons (Fsp3) is 0.111. The smallest absolute Gasteiger partial charge is 0.124 e. The number of hydrogen-bond acceptors (Lipinski definition) is 1. The molecule has 0 spiro atoms. The third kappa shape index (κ3) is 1.93. The fourth-order valence-corrected chi connectivity index (χ4v) is 1.45. The standard InChI is InChI=1S/C9H8BrFO/c1-2-9(12)7-4-3-6(11)5-8(7)10/h2-5,9,12H,1H2/t9-/m0/s1. The predicted molar refractivity (Wildman–Crippen MR) is 49.3 cm³/mol. The second kappa shape index (κ2) is 3.83. The van der Waals surface area contributed by atoms with Gasteiger partial charge in [-0.25, -0.2) is 4.39 Å². The van der Waals surface area contributed by atoms with Crippen molar-refractivity contribution < 1.29 is 9.50 Å². The average molecular weight is 231 g/mol. The van der Waals surface area contributed by atoms with Crippen molar-refractivity contribution in [3.63, 3.8) is 0 Å². The zero-order chi connectivity index (χ0) is 9.14. The topological polar surface area (TPSA) is 20.2 Å². The normalized spacial score (nSPS) is 12.6. The molecule has 0 aromatic heterocycles. The summed E-state index contributed by atoms with van der Waals surface area (Å²) in [5.41, 5.74) is 0.617. The van der Waals surface area contributed by atoms with Crippen LogP contribution in [-0.4, -0.2) is 5.11 Å². The Morgan fingerprint density at radius 1 is 1.58 bits per heavy atom. The molecule has 1 nitrogen and oxygen atoms in total. The maximum Gasteiger partial charge on any atom is 0.124 e. The van der Waals surface area contributed by atoms with E-state index in [4.69, 9.17) is 0 Å². The van der Waals surface area contributed by atoms with Gasteiger partial charge in [0, 0.05) is 4.47 Å². The number of hydrogen-bond donors (Lipinski definition) is 1. The number of halogens is 2. The summed E-state index contributed by atoms with van der Waals surface area (Å²) in [6.45, 7) is 3.44. The van der Waals surface area contributed by atoms with Gasteiger partial charge in [0.2, 0.25) is 0 Å². The predicted octanol–water partition coefficient (Wildman–Crippen LogP) is 2.81. The highest BCUT2D eigenvalue weighted by atomic mass is 79.9. The second-order valence-electron chi connectivity index (χ2n) is 2.35. The molecule has 0 unspecified atom stereocenters. The summed E-state index contributed by atoms with van der Waals surface area (Å²) in [6.07, 6.45) is 0.637. The van der Waals surface area contributed by atoms with Crippen molar-refractivity contribution in [3.05, 3.63) is 46.7 Å². The Kier molecular flexibility index (Phi) is 3.00. The van der Waals surface area contributed by atoms with E-state index in [0.717, 1.165) is 0 Å². The molecular weight excluding hydrogens is 223 g/mol. The van der Waals surface area contributed by atoms with E-state index >= 15 is 0 Å². The van der Waals surface area contributed by atoms with Crippen molar-refractivity contribution in [1.82, 2.24) is 0 Å². The van der Waals surface area contributed by atoms with Gasteiger partial charge >= 0.3 is 0 Å².